The molecule has 1 atom stereocenters. The molecule has 2 heterocycles. The van der Waals surface area contributed by atoms with Gasteiger partial charge in [0.05, 0.1) is 25.6 Å². The van der Waals surface area contributed by atoms with Crippen LogP contribution in [0.5, 0.6) is 11.5 Å². The predicted molar refractivity (Wildman–Crippen MR) is 93.8 cm³/mol. The Morgan fingerprint density at radius 1 is 1.32 bits per heavy atom. The number of aromatic nitrogens is 2. The van der Waals surface area contributed by atoms with E-state index in [9.17, 15) is 4.79 Å². The smallest absolute Gasteiger partial charge is 0.315 e. The molecule has 0 aliphatic carbocycles. The van der Waals surface area contributed by atoms with Gasteiger partial charge in [-0.3, -0.25) is 0 Å². The van der Waals surface area contributed by atoms with E-state index in [1.54, 1.807) is 12.5 Å². The maximum absolute atomic E-state index is 12.0. The largest absolute Gasteiger partial charge is 0.490 e. The molecule has 0 spiro atoms. The van der Waals surface area contributed by atoms with Crippen molar-refractivity contribution in [3.63, 3.8) is 0 Å². The third-order valence-electron chi connectivity index (χ3n) is 4.06. The van der Waals surface area contributed by atoms with E-state index in [4.69, 9.17) is 9.47 Å². The highest BCUT2D eigenvalue weighted by molar-refractivity contribution is 5.74. The maximum Gasteiger partial charge on any atom is 0.315 e. The van der Waals surface area contributed by atoms with E-state index in [1.165, 1.54) is 0 Å². The number of benzene rings is 1. The van der Waals surface area contributed by atoms with Gasteiger partial charge in [-0.25, -0.2) is 9.78 Å². The zero-order valence-electron chi connectivity index (χ0n) is 14.4. The number of hydrogen-bond donors (Lipinski definition) is 2. The van der Waals surface area contributed by atoms with Crippen LogP contribution in [0.15, 0.2) is 36.9 Å². The van der Waals surface area contributed by atoms with Crippen LogP contribution >= 0.6 is 0 Å². The van der Waals surface area contributed by atoms with Crippen LogP contribution < -0.4 is 20.1 Å². The van der Waals surface area contributed by atoms with Crippen molar-refractivity contribution in [2.45, 2.75) is 32.4 Å². The molecule has 7 nitrogen and oxygen atoms in total. The quantitative estimate of drug-likeness (QED) is 0.789. The summed E-state index contributed by atoms with van der Waals surface area (Å²) in [6.45, 7) is 4.71. The molecule has 1 aliphatic rings. The summed E-state index contributed by atoms with van der Waals surface area (Å²) in [6.07, 6.45) is 7.15. The van der Waals surface area contributed by atoms with Crippen LogP contribution in [0.4, 0.5) is 4.79 Å². The molecule has 2 N–H and O–H groups in total. The van der Waals surface area contributed by atoms with E-state index in [-0.39, 0.29) is 12.1 Å². The molecule has 0 bridgehead atoms. The second-order valence-corrected chi connectivity index (χ2v) is 6.03. The third-order valence-corrected chi connectivity index (χ3v) is 4.06. The Morgan fingerprint density at radius 3 is 2.96 bits per heavy atom. The fourth-order valence-electron chi connectivity index (χ4n) is 2.66. The lowest BCUT2D eigenvalue weighted by atomic mass is 10.1. The Labute approximate surface area is 147 Å². The second kappa shape index (κ2) is 8.41. The fraction of sp³-hybridized carbons (Fsp3) is 0.444. The molecule has 0 saturated heterocycles. The van der Waals surface area contributed by atoms with Crippen LogP contribution in [0, 0.1) is 0 Å². The van der Waals surface area contributed by atoms with Gasteiger partial charge in [0, 0.05) is 31.9 Å². The van der Waals surface area contributed by atoms with Crippen molar-refractivity contribution in [3.8, 4) is 11.5 Å². The van der Waals surface area contributed by atoms with Crippen molar-refractivity contribution < 1.29 is 14.3 Å². The minimum atomic E-state index is -0.176. The number of nitrogens with zero attached hydrogens (tertiary/aromatic N) is 2. The van der Waals surface area contributed by atoms with Gasteiger partial charge in [0.15, 0.2) is 11.5 Å². The van der Waals surface area contributed by atoms with Gasteiger partial charge in [0.1, 0.15) is 0 Å². The number of urea groups is 1. The first-order chi connectivity index (χ1) is 12.2. The van der Waals surface area contributed by atoms with E-state index in [0.717, 1.165) is 36.4 Å². The first kappa shape index (κ1) is 17.1. The van der Waals surface area contributed by atoms with Gasteiger partial charge in [0.2, 0.25) is 0 Å². The number of rotatable bonds is 6. The van der Waals surface area contributed by atoms with Gasteiger partial charge in [-0.1, -0.05) is 6.07 Å². The number of ether oxygens (including phenoxy) is 2. The van der Waals surface area contributed by atoms with Gasteiger partial charge < -0.3 is 24.7 Å². The van der Waals surface area contributed by atoms with Crippen LogP contribution in [0.25, 0.3) is 0 Å². The monoisotopic (exact) mass is 344 g/mol. The average Bonchev–Trinajstić information content (AvgIpc) is 3.01. The normalized spacial score (nSPS) is 14.4. The van der Waals surface area contributed by atoms with Crippen LogP contribution in [0.3, 0.4) is 0 Å². The molecule has 134 valence electrons. The molecule has 25 heavy (non-hydrogen) atoms. The standard InChI is InChI=1S/C18H24N4O3/c1-14(15-4-5-16-17(12-15)25-11-3-10-24-16)21-18(23)20-6-2-8-22-9-7-19-13-22/h4-5,7,9,12-14H,2-3,6,8,10-11H2,1H3,(H2,20,21,23)/t14-/m0/s1. The summed E-state index contributed by atoms with van der Waals surface area (Å²) in [5.74, 6) is 1.50. The summed E-state index contributed by atoms with van der Waals surface area (Å²) in [5.41, 5.74) is 0.984. The van der Waals surface area contributed by atoms with Crippen LogP contribution in [-0.2, 0) is 6.54 Å². The maximum atomic E-state index is 12.0. The van der Waals surface area contributed by atoms with Gasteiger partial charge in [-0.2, -0.15) is 0 Å². The molecule has 2 aromatic rings. The topological polar surface area (TPSA) is 77.4 Å². The van der Waals surface area contributed by atoms with E-state index >= 15 is 0 Å². The minimum absolute atomic E-state index is 0.120. The number of carbonyl (C=O) groups excluding carboxylic acids is 1. The second-order valence-electron chi connectivity index (χ2n) is 6.03. The van der Waals surface area contributed by atoms with Crippen molar-refractivity contribution in [1.82, 2.24) is 20.2 Å². The molecule has 3 rings (SSSR count). The number of imidazole rings is 1. The summed E-state index contributed by atoms with van der Waals surface area (Å²) in [4.78, 5) is 16.0. The zero-order valence-corrected chi connectivity index (χ0v) is 14.4. The number of aryl methyl sites for hydroxylation is 1. The van der Waals surface area contributed by atoms with Crippen LogP contribution in [-0.4, -0.2) is 35.3 Å². The summed E-state index contributed by atoms with van der Waals surface area (Å²) in [7, 11) is 0. The summed E-state index contributed by atoms with van der Waals surface area (Å²) in [6, 6.07) is 5.50. The molecular weight excluding hydrogens is 320 g/mol. The van der Waals surface area contributed by atoms with Crippen LogP contribution in [0.1, 0.15) is 31.4 Å². The summed E-state index contributed by atoms with van der Waals surface area (Å²) < 4.78 is 13.3. The molecule has 1 aromatic heterocycles. The van der Waals surface area contributed by atoms with E-state index in [1.807, 2.05) is 35.9 Å². The first-order valence-electron chi connectivity index (χ1n) is 8.62. The number of carbonyl (C=O) groups is 1. The van der Waals surface area contributed by atoms with E-state index < -0.39 is 0 Å². The predicted octanol–water partition coefficient (Wildman–Crippen LogP) is 2.49. The molecule has 1 aromatic carbocycles. The number of hydrogen-bond acceptors (Lipinski definition) is 4. The Hall–Kier alpha value is -2.70. The van der Waals surface area contributed by atoms with Crippen molar-refractivity contribution in [1.29, 1.82) is 0 Å². The van der Waals surface area contributed by atoms with Crippen molar-refractivity contribution in [2.24, 2.45) is 0 Å². The average molecular weight is 344 g/mol. The third kappa shape index (κ3) is 4.89. The molecule has 0 unspecified atom stereocenters. The number of nitrogens with one attached hydrogen (secondary N) is 2. The van der Waals surface area contributed by atoms with Gasteiger partial charge in [0.25, 0.3) is 0 Å². The Bertz CT molecular complexity index is 688. The minimum Gasteiger partial charge on any atom is -0.490 e. The Kier molecular flexibility index (Phi) is 5.77. The number of fused-ring (bicyclic) bond motifs is 1. The molecular formula is C18H24N4O3. The molecule has 0 fully saturated rings. The fourth-order valence-corrected chi connectivity index (χ4v) is 2.66. The van der Waals surface area contributed by atoms with Gasteiger partial charge in [-0.15, -0.1) is 0 Å². The highest BCUT2D eigenvalue weighted by Gasteiger charge is 2.15. The lowest BCUT2D eigenvalue weighted by Gasteiger charge is -2.17. The molecule has 2 amide bonds. The SMILES string of the molecule is C[C@H](NC(=O)NCCCn1ccnc1)c1ccc2c(c1)OCCCO2. The highest BCUT2D eigenvalue weighted by atomic mass is 16.5. The summed E-state index contributed by atoms with van der Waals surface area (Å²) >= 11 is 0. The van der Waals surface area contributed by atoms with E-state index in [2.05, 4.69) is 15.6 Å². The zero-order chi connectivity index (χ0) is 17.5. The molecule has 0 radical (unpaired) electrons. The van der Waals surface area contributed by atoms with Gasteiger partial charge in [-0.05, 0) is 31.0 Å². The van der Waals surface area contributed by atoms with Crippen LogP contribution in [0.2, 0.25) is 0 Å². The number of amides is 2. The lowest BCUT2D eigenvalue weighted by Crippen LogP contribution is -2.37. The Morgan fingerprint density at radius 2 is 2.16 bits per heavy atom. The van der Waals surface area contributed by atoms with Crippen molar-refractivity contribution >= 4 is 6.03 Å². The first-order valence-corrected chi connectivity index (χ1v) is 8.62. The van der Waals surface area contributed by atoms with Crippen molar-refractivity contribution in [3.05, 3.63) is 42.5 Å². The highest BCUT2D eigenvalue weighted by Crippen LogP contribution is 2.32. The van der Waals surface area contributed by atoms with Crippen molar-refractivity contribution in [2.75, 3.05) is 19.8 Å². The molecule has 1 aliphatic heterocycles. The lowest BCUT2D eigenvalue weighted by molar-refractivity contribution is 0.237. The molecule has 0 saturated carbocycles. The summed E-state index contributed by atoms with van der Waals surface area (Å²) in [5, 5.41) is 5.83. The van der Waals surface area contributed by atoms with Gasteiger partial charge >= 0.3 is 6.03 Å². The van der Waals surface area contributed by atoms with E-state index in [0.29, 0.717) is 19.8 Å². The Balaban J connectivity index is 1.45. The molecule has 7 heteroatoms.